The van der Waals surface area contributed by atoms with Crippen molar-refractivity contribution in [2.24, 2.45) is 35.5 Å². The van der Waals surface area contributed by atoms with Crippen molar-refractivity contribution in [3.05, 3.63) is 0 Å². The Morgan fingerprint density at radius 3 is 1.79 bits per heavy atom. The molecule has 0 heterocycles. The van der Waals surface area contributed by atoms with E-state index in [1.54, 1.807) is 0 Å². The van der Waals surface area contributed by atoms with Gasteiger partial charge in [-0.3, -0.25) is 0 Å². The van der Waals surface area contributed by atoms with Gasteiger partial charge in [0, 0.05) is 0 Å². The van der Waals surface area contributed by atoms with Crippen molar-refractivity contribution >= 4 is 0 Å². The average Bonchev–Trinajstić information content (AvgIpc) is 2.15. The number of hydrogen-bond donors (Lipinski definition) is 0. The second-order valence-corrected chi connectivity index (χ2v) is 5.87. The lowest BCUT2D eigenvalue weighted by atomic mass is 9.60. The smallest absolute Gasteiger partial charge is 0.0332 e. The van der Waals surface area contributed by atoms with Crippen LogP contribution in [0.5, 0.6) is 0 Å². The lowest BCUT2D eigenvalue weighted by molar-refractivity contribution is 0.0347. The second-order valence-electron chi connectivity index (χ2n) is 5.87. The van der Waals surface area contributed by atoms with E-state index >= 15 is 0 Å². The van der Waals surface area contributed by atoms with Crippen molar-refractivity contribution in [1.29, 1.82) is 0 Å². The first-order valence-corrected chi connectivity index (χ1v) is 6.49. The first kappa shape index (κ1) is 12.1. The lowest BCUT2D eigenvalue weighted by Gasteiger charge is -2.45. The first-order valence-electron chi connectivity index (χ1n) is 6.49. The molecule has 1 fully saturated rings. The molecule has 0 bridgehead atoms. The minimum atomic E-state index is 0.908. The Labute approximate surface area is 90.5 Å². The summed E-state index contributed by atoms with van der Waals surface area (Å²) in [6.07, 6.45) is 2.79. The van der Waals surface area contributed by atoms with Crippen LogP contribution in [0.3, 0.4) is 0 Å². The highest BCUT2D eigenvalue weighted by Crippen LogP contribution is 2.45. The van der Waals surface area contributed by atoms with E-state index in [0.717, 1.165) is 35.5 Å². The Bertz CT molecular complexity index is 159. The molecule has 0 N–H and O–H groups in total. The van der Waals surface area contributed by atoms with Gasteiger partial charge in [0.1, 0.15) is 0 Å². The highest BCUT2D eigenvalue weighted by molar-refractivity contribution is 4.87. The van der Waals surface area contributed by atoms with Crippen molar-refractivity contribution in [2.45, 2.75) is 54.4 Å². The summed E-state index contributed by atoms with van der Waals surface area (Å²) in [4.78, 5) is 0. The molecule has 1 rings (SSSR count). The van der Waals surface area contributed by atoms with E-state index in [2.05, 4.69) is 41.5 Å². The SMILES string of the molecule is CCC(C)C1[C@@H](C)[C@@H](C)C[C@@H](C)[C@H]1C. The molecule has 84 valence electrons. The van der Waals surface area contributed by atoms with Crippen LogP contribution in [0.2, 0.25) is 0 Å². The predicted molar refractivity (Wildman–Crippen MR) is 64.2 cm³/mol. The third kappa shape index (κ3) is 2.15. The maximum absolute atomic E-state index is 2.48. The molecule has 0 spiro atoms. The highest BCUT2D eigenvalue weighted by atomic mass is 14.4. The van der Waals surface area contributed by atoms with Gasteiger partial charge in [-0.2, -0.15) is 0 Å². The van der Waals surface area contributed by atoms with E-state index in [-0.39, 0.29) is 0 Å². The van der Waals surface area contributed by atoms with Crippen molar-refractivity contribution in [3.8, 4) is 0 Å². The van der Waals surface area contributed by atoms with Crippen LogP contribution >= 0.6 is 0 Å². The highest BCUT2D eigenvalue weighted by Gasteiger charge is 2.38. The van der Waals surface area contributed by atoms with Gasteiger partial charge >= 0.3 is 0 Å². The third-order valence-electron chi connectivity index (χ3n) is 5.05. The van der Waals surface area contributed by atoms with Crippen LogP contribution in [0.1, 0.15) is 54.4 Å². The Kier molecular flexibility index (Phi) is 4.04. The fraction of sp³-hybridized carbons (Fsp3) is 1.00. The fourth-order valence-corrected chi connectivity index (χ4v) is 3.56. The third-order valence-corrected chi connectivity index (χ3v) is 5.05. The molecule has 1 aliphatic rings. The molecule has 0 aromatic carbocycles. The molecule has 0 heteroatoms. The summed E-state index contributed by atoms with van der Waals surface area (Å²) >= 11 is 0. The molecule has 0 nitrogen and oxygen atoms in total. The van der Waals surface area contributed by atoms with Gasteiger partial charge in [0.2, 0.25) is 0 Å². The Hall–Kier alpha value is 0. The zero-order valence-electron chi connectivity index (χ0n) is 10.9. The van der Waals surface area contributed by atoms with E-state index in [0.29, 0.717) is 0 Å². The summed E-state index contributed by atoms with van der Waals surface area (Å²) in [5.41, 5.74) is 0. The molecule has 1 saturated carbocycles. The first-order chi connectivity index (χ1) is 6.49. The summed E-state index contributed by atoms with van der Waals surface area (Å²) in [6, 6.07) is 0. The monoisotopic (exact) mass is 196 g/mol. The van der Waals surface area contributed by atoms with Crippen LogP contribution in [0.25, 0.3) is 0 Å². The van der Waals surface area contributed by atoms with Crippen molar-refractivity contribution in [1.82, 2.24) is 0 Å². The molecule has 0 aromatic rings. The zero-order chi connectivity index (χ0) is 10.9. The maximum Gasteiger partial charge on any atom is -0.0332 e. The number of hydrogen-bond acceptors (Lipinski definition) is 0. The second kappa shape index (κ2) is 4.68. The van der Waals surface area contributed by atoms with Crippen molar-refractivity contribution < 1.29 is 0 Å². The molecule has 0 amide bonds. The fourth-order valence-electron chi connectivity index (χ4n) is 3.56. The molecular weight excluding hydrogens is 168 g/mol. The molecule has 0 aliphatic heterocycles. The molecule has 0 radical (unpaired) electrons. The van der Waals surface area contributed by atoms with Gasteiger partial charge in [0.15, 0.2) is 0 Å². The topological polar surface area (TPSA) is 0 Å². The van der Waals surface area contributed by atoms with Gasteiger partial charge in [0.05, 0.1) is 0 Å². The predicted octanol–water partition coefficient (Wildman–Crippen LogP) is 4.60. The molecule has 0 saturated heterocycles. The van der Waals surface area contributed by atoms with E-state index < -0.39 is 0 Å². The molecular formula is C14H28. The Morgan fingerprint density at radius 2 is 1.43 bits per heavy atom. The molecule has 1 aliphatic carbocycles. The van der Waals surface area contributed by atoms with Gasteiger partial charge in [0.25, 0.3) is 0 Å². The largest absolute Gasteiger partial charge is 0.0651 e. The van der Waals surface area contributed by atoms with Gasteiger partial charge in [-0.1, -0.05) is 48.0 Å². The van der Waals surface area contributed by atoms with Crippen LogP contribution in [-0.4, -0.2) is 0 Å². The van der Waals surface area contributed by atoms with Crippen LogP contribution in [0.4, 0.5) is 0 Å². The summed E-state index contributed by atoms with van der Waals surface area (Å²) in [7, 11) is 0. The maximum atomic E-state index is 2.48. The van der Waals surface area contributed by atoms with Gasteiger partial charge in [-0.15, -0.1) is 0 Å². The zero-order valence-corrected chi connectivity index (χ0v) is 10.9. The summed E-state index contributed by atoms with van der Waals surface area (Å²) in [5, 5.41) is 0. The van der Waals surface area contributed by atoms with Gasteiger partial charge in [-0.25, -0.2) is 0 Å². The van der Waals surface area contributed by atoms with Crippen LogP contribution in [-0.2, 0) is 0 Å². The molecule has 14 heavy (non-hydrogen) atoms. The molecule has 6 atom stereocenters. The van der Waals surface area contributed by atoms with Crippen molar-refractivity contribution in [3.63, 3.8) is 0 Å². The molecule has 2 unspecified atom stereocenters. The molecule has 0 aromatic heterocycles. The quantitative estimate of drug-likeness (QED) is 0.605. The van der Waals surface area contributed by atoms with Crippen LogP contribution < -0.4 is 0 Å². The lowest BCUT2D eigenvalue weighted by Crippen LogP contribution is -2.38. The average molecular weight is 196 g/mol. The summed E-state index contributed by atoms with van der Waals surface area (Å²) in [5.74, 6) is 5.58. The Balaban J connectivity index is 2.76. The standard InChI is InChI=1S/C14H28/c1-7-9(2)14-12(5)10(3)8-11(4)13(14)6/h9-14H,7-8H2,1-6H3/t9?,10-,11+,12-,13+,14?. The summed E-state index contributed by atoms with van der Waals surface area (Å²) in [6.45, 7) is 14.6. The van der Waals surface area contributed by atoms with Crippen LogP contribution in [0, 0.1) is 35.5 Å². The van der Waals surface area contributed by atoms with Gasteiger partial charge in [-0.05, 0) is 41.9 Å². The Morgan fingerprint density at radius 1 is 1.00 bits per heavy atom. The van der Waals surface area contributed by atoms with Gasteiger partial charge < -0.3 is 0 Å². The minimum Gasteiger partial charge on any atom is -0.0651 e. The number of rotatable bonds is 2. The van der Waals surface area contributed by atoms with E-state index in [4.69, 9.17) is 0 Å². The normalized spacial score (nSPS) is 46.3. The van der Waals surface area contributed by atoms with E-state index in [1.807, 2.05) is 0 Å². The van der Waals surface area contributed by atoms with E-state index in [1.165, 1.54) is 12.8 Å². The summed E-state index contributed by atoms with van der Waals surface area (Å²) < 4.78 is 0. The minimum absolute atomic E-state index is 0.908. The van der Waals surface area contributed by atoms with Crippen LogP contribution in [0.15, 0.2) is 0 Å². The van der Waals surface area contributed by atoms with E-state index in [9.17, 15) is 0 Å². The van der Waals surface area contributed by atoms with Crippen molar-refractivity contribution in [2.75, 3.05) is 0 Å².